The van der Waals surface area contributed by atoms with Gasteiger partial charge in [-0.2, -0.15) is 0 Å². The first-order chi connectivity index (χ1) is 10.4. The van der Waals surface area contributed by atoms with Crippen molar-refractivity contribution >= 4 is 11.9 Å². The normalized spacial score (nSPS) is 14.7. The van der Waals surface area contributed by atoms with Crippen LogP contribution in [-0.4, -0.2) is 30.1 Å². The smallest absolute Gasteiger partial charge is 0.326 e. The summed E-state index contributed by atoms with van der Waals surface area (Å²) in [6.45, 7) is 5.54. The minimum Gasteiger partial charge on any atom is -0.497 e. The van der Waals surface area contributed by atoms with E-state index in [2.05, 4.69) is 5.32 Å². The van der Waals surface area contributed by atoms with Crippen LogP contribution in [0.4, 0.5) is 0 Å². The van der Waals surface area contributed by atoms with Gasteiger partial charge < -0.3 is 15.2 Å². The van der Waals surface area contributed by atoms with Crippen LogP contribution < -0.4 is 10.1 Å². The molecular weight excluding hydrogens is 282 g/mol. The Morgan fingerprint density at radius 2 is 1.82 bits per heavy atom. The maximum atomic E-state index is 12.2. The average Bonchev–Trinajstić information content (AvgIpc) is 2.51. The summed E-state index contributed by atoms with van der Waals surface area (Å²) in [7, 11) is 1.60. The van der Waals surface area contributed by atoms with Crippen LogP contribution in [0.5, 0.6) is 5.75 Å². The van der Waals surface area contributed by atoms with E-state index in [-0.39, 0.29) is 17.7 Å². The molecule has 22 heavy (non-hydrogen) atoms. The fourth-order valence-electron chi connectivity index (χ4n) is 2.19. The molecule has 0 saturated heterocycles. The van der Waals surface area contributed by atoms with Crippen LogP contribution in [0.2, 0.25) is 0 Å². The van der Waals surface area contributed by atoms with Crippen LogP contribution in [-0.2, 0) is 16.0 Å². The third-order valence-corrected chi connectivity index (χ3v) is 3.93. The van der Waals surface area contributed by atoms with Crippen LogP contribution in [0.25, 0.3) is 0 Å². The van der Waals surface area contributed by atoms with E-state index in [4.69, 9.17) is 4.74 Å². The van der Waals surface area contributed by atoms with Gasteiger partial charge in [0.1, 0.15) is 11.8 Å². The molecule has 0 aromatic heterocycles. The molecule has 0 radical (unpaired) electrons. The molecule has 0 aliphatic rings. The van der Waals surface area contributed by atoms with Crippen LogP contribution in [0.15, 0.2) is 24.3 Å². The van der Waals surface area contributed by atoms with Gasteiger partial charge in [-0.05, 0) is 30.0 Å². The zero-order chi connectivity index (χ0) is 16.7. The summed E-state index contributed by atoms with van der Waals surface area (Å²) >= 11 is 0. The topological polar surface area (TPSA) is 75.6 Å². The number of carboxylic acids is 1. The lowest BCUT2D eigenvalue weighted by Crippen LogP contribution is -2.47. The van der Waals surface area contributed by atoms with Gasteiger partial charge in [-0.25, -0.2) is 4.79 Å². The molecule has 0 bridgehead atoms. The maximum Gasteiger partial charge on any atom is 0.326 e. The summed E-state index contributed by atoms with van der Waals surface area (Å²) in [5.41, 5.74) is 1.01. The monoisotopic (exact) mass is 307 g/mol. The Bertz CT molecular complexity index is 498. The molecule has 5 nitrogen and oxygen atoms in total. The van der Waals surface area contributed by atoms with E-state index >= 15 is 0 Å². The molecule has 1 amide bonds. The van der Waals surface area contributed by atoms with E-state index in [9.17, 15) is 14.7 Å². The van der Waals surface area contributed by atoms with Crippen molar-refractivity contribution in [2.24, 2.45) is 11.8 Å². The van der Waals surface area contributed by atoms with E-state index in [1.165, 1.54) is 0 Å². The molecule has 0 spiro atoms. The average molecular weight is 307 g/mol. The van der Waals surface area contributed by atoms with Crippen molar-refractivity contribution in [3.63, 3.8) is 0 Å². The highest BCUT2D eigenvalue weighted by molar-refractivity contribution is 5.85. The van der Waals surface area contributed by atoms with Crippen molar-refractivity contribution in [3.05, 3.63) is 29.8 Å². The van der Waals surface area contributed by atoms with Gasteiger partial charge in [-0.15, -0.1) is 0 Å². The summed E-state index contributed by atoms with van der Waals surface area (Å²) in [6, 6.07) is 6.67. The lowest BCUT2D eigenvalue weighted by atomic mass is 9.96. The first-order valence-electron chi connectivity index (χ1n) is 7.55. The van der Waals surface area contributed by atoms with E-state index in [0.717, 1.165) is 11.3 Å². The van der Waals surface area contributed by atoms with Gasteiger partial charge in [0.2, 0.25) is 5.91 Å². The molecule has 0 heterocycles. The Balaban J connectivity index is 2.65. The lowest BCUT2D eigenvalue weighted by molar-refractivity contribution is -0.143. The molecule has 0 aliphatic carbocycles. The lowest BCUT2D eigenvalue weighted by Gasteiger charge is -2.22. The first kappa shape index (κ1) is 18.0. The second-order valence-corrected chi connectivity index (χ2v) is 5.66. The number of rotatable bonds is 8. The zero-order valence-electron chi connectivity index (χ0n) is 13.6. The maximum absolute atomic E-state index is 12.2. The Morgan fingerprint density at radius 3 is 2.27 bits per heavy atom. The number of aliphatic carboxylic acids is 1. The summed E-state index contributed by atoms with van der Waals surface area (Å²) in [5.74, 6) is -0.847. The van der Waals surface area contributed by atoms with Crippen molar-refractivity contribution in [2.45, 2.75) is 39.7 Å². The molecule has 1 rings (SSSR count). The third kappa shape index (κ3) is 5.06. The largest absolute Gasteiger partial charge is 0.497 e. The third-order valence-electron chi connectivity index (χ3n) is 3.93. The fraction of sp³-hybridized carbons (Fsp3) is 0.529. The van der Waals surface area contributed by atoms with Crippen molar-refractivity contribution < 1.29 is 19.4 Å². The number of hydrogen-bond acceptors (Lipinski definition) is 3. The van der Waals surface area contributed by atoms with Crippen LogP contribution >= 0.6 is 0 Å². The summed E-state index contributed by atoms with van der Waals surface area (Å²) in [5, 5.41) is 11.9. The number of hydrogen-bond donors (Lipinski definition) is 2. The van der Waals surface area contributed by atoms with E-state index in [0.29, 0.717) is 12.8 Å². The summed E-state index contributed by atoms with van der Waals surface area (Å²) < 4.78 is 5.09. The molecule has 0 fully saturated rings. The number of amides is 1. The Labute approximate surface area is 131 Å². The molecule has 0 aliphatic heterocycles. The molecular formula is C17H25NO4. The van der Waals surface area contributed by atoms with E-state index in [1.807, 2.05) is 38.1 Å². The van der Waals surface area contributed by atoms with E-state index in [1.54, 1.807) is 14.0 Å². The minimum absolute atomic E-state index is 0.102. The van der Waals surface area contributed by atoms with Gasteiger partial charge in [0.05, 0.1) is 7.11 Å². The van der Waals surface area contributed by atoms with Gasteiger partial charge in [0.25, 0.3) is 0 Å². The van der Waals surface area contributed by atoms with Crippen molar-refractivity contribution in [1.82, 2.24) is 5.32 Å². The van der Waals surface area contributed by atoms with Gasteiger partial charge >= 0.3 is 5.97 Å². The first-order valence-corrected chi connectivity index (χ1v) is 7.55. The predicted molar refractivity (Wildman–Crippen MR) is 84.9 cm³/mol. The Kier molecular flexibility index (Phi) is 6.89. The quantitative estimate of drug-likeness (QED) is 0.773. The number of ether oxygens (including phenoxy) is 1. The molecule has 122 valence electrons. The molecule has 1 aromatic carbocycles. The Hall–Kier alpha value is -2.04. The number of methoxy groups -OCH3 is 1. The van der Waals surface area contributed by atoms with Crippen LogP contribution in [0.1, 0.15) is 32.8 Å². The highest BCUT2D eigenvalue weighted by Crippen LogP contribution is 2.15. The highest BCUT2D eigenvalue weighted by Gasteiger charge is 2.27. The highest BCUT2D eigenvalue weighted by atomic mass is 16.5. The summed E-state index contributed by atoms with van der Waals surface area (Å²) in [6.07, 6.45) is 1.26. The number of nitrogens with one attached hydrogen (secondary N) is 1. The molecule has 3 atom stereocenters. The Morgan fingerprint density at radius 1 is 1.23 bits per heavy atom. The molecule has 1 unspecified atom stereocenters. The molecule has 2 N–H and O–H groups in total. The van der Waals surface area contributed by atoms with Crippen LogP contribution in [0, 0.1) is 11.8 Å². The number of carbonyl (C=O) groups excluding carboxylic acids is 1. The molecule has 0 saturated carbocycles. The van der Waals surface area contributed by atoms with Gasteiger partial charge in [0, 0.05) is 5.92 Å². The summed E-state index contributed by atoms with van der Waals surface area (Å²) in [4.78, 5) is 23.5. The number of benzene rings is 1. The van der Waals surface area contributed by atoms with Gasteiger partial charge in [0.15, 0.2) is 0 Å². The zero-order valence-corrected chi connectivity index (χ0v) is 13.6. The second-order valence-electron chi connectivity index (χ2n) is 5.66. The standard InChI is InChI=1S/C17H25NO4/c1-5-11(2)15(17(20)21)18-16(19)12(3)10-13-6-8-14(22-4)9-7-13/h6-9,11-12,15H,5,10H2,1-4H3,(H,18,19)(H,20,21)/t11-,12?,15-/m0/s1. The fourth-order valence-corrected chi connectivity index (χ4v) is 2.19. The SMILES string of the molecule is CC[C@H](C)[C@H](NC(=O)C(C)Cc1ccc(OC)cc1)C(=O)O. The van der Waals surface area contributed by atoms with Crippen LogP contribution in [0.3, 0.4) is 0 Å². The van der Waals surface area contributed by atoms with Crippen molar-refractivity contribution in [3.8, 4) is 5.75 Å². The number of carbonyl (C=O) groups is 2. The van der Waals surface area contributed by atoms with Crippen molar-refractivity contribution in [1.29, 1.82) is 0 Å². The van der Waals surface area contributed by atoms with Crippen molar-refractivity contribution in [2.75, 3.05) is 7.11 Å². The molecule has 1 aromatic rings. The van der Waals surface area contributed by atoms with Gasteiger partial charge in [-0.1, -0.05) is 39.3 Å². The number of carboxylic acid groups (broad SMARTS) is 1. The van der Waals surface area contributed by atoms with Gasteiger partial charge in [-0.3, -0.25) is 4.79 Å². The predicted octanol–water partition coefficient (Wildman–Crippen LogP) is 2.49. The van der Waals surface area contributed by atoms with E-state index < -0.39 is 12.0 Å². The minimum atomic E-state index is -0.987. The molecule has 5 heteroatoms. The second kappa shape index (κ2) is 8.41.